The Balaban J connectivity index is 2.50. The summed E-state index contributed by atoms with van der Waals surface area (Å²) in [6.45, 7) is 5.55. The Morgan fingerprint density at radius 3 is 2.73 bits per heavy atom. The van der Waals surface area contributed by atoms with Crippen LogP contribution in [0.1, 0.15) is 26.3 Å². The fourth-order valence-electron chi connectivity index (χ4n) is 2.04. The number of ether oxygens (including phenoxy) is 1. The van der Waals surface area contributed by atoms with E-state index in [2.05, 4.69) is 10.1 Å². The number of aromatic nitrogens is 3. The number of hydrogen-bond donors (Lipinski definition) is 0. The van der Waals surface area contributed by atoms with E-state index in [0.29, 0.717) is 12.2 Å². The van der Waals surface area contributed by atoms with E-state index < -0.39 is 11.4 Å². The molecular weight excluding hydrogens is 285 g/mol. The molecule has 0 radical (unpaired) electrons. The number of carbonyl (C=O) groups is 1. The first-order chi connectivity index (χ1) is 10.5. The van der Waals surface area contributed by atoms with Crippen molar-refractivity contribution in [1.82, 2.24) is 14.8 Å². The van der Waals surface area contributed by atoms with Crippen molar-refractivity contribution in [1.29, 1.82) is 0 Å². The molecule has 0 unspecified atom stereocenters. The van der Waals surface area contributed by atoms with Crippen LogP contribution in [0, 0.1) is 5.82 Å². The summed E-state index contributed by atoms with van der Waals surface area (Å²) in [5.41, 5.74) is -0.549. The fourth-order valence-corrected chi connectivity index (χ4v) is 2.04. The van der Waals surface area contributed by atoms with Gasteiger partial charge in [-0.3, -0.25) is 4.79 Å². The Hall–Kier alpha value is -2.34. The van der Waals surface area contributed by atoms with E-state index in [9.17, 15) is 9.18 Å². The number of benzene rings is 1. The van der Waals surface area contributed by atoms with Crippen molar-refractivity contribution in [3.63, 3.8) is 0 Å². The molecule has 0 saturated carbocycles. The zero-order valence-electron chi connectivity index (χ0n) is 12.8. The summed E-state index contributed by atoms with van der Waals surface area (Å²) in [6, 6.07) is 6.22. The Labute approximate surface area is 128 Å². The lowest BCUT2D eigenvalue weighted by Gasteiger charge is -2.24. The Kier molecular flexibility index (Phi) is 4.82. The molecule has 0 fully saturated rings. The summed E-state index contributed by atoms with van der Waals surface area (Å²) in [5.74, 6) is -0.717. The van der Waals surface area contributed by atoms with Gasteiger partial charge in [0.05, 0.1) is 0 Å². The molecule has 0 N–H and O–H groups in total. The first kappa shape index (κ1) is 16.0. The van der Waals surface area contributed by atoms with E-state index in [0.717, 1.165) is 0 Å². The van der Waals surface area contributed by atoms with Crippen molar-refractivity contribution < 1.29 is 13.9 Å². The van der Waals surface area contributed by atoms with Gasteiger partial charge in [-0.05, 0) is 32.9 Å². The van der Waals surface area contributed by atoms with Gasteiger partial charge in [0, 0.05) is 12.2 Å². The fraction of sp³-hybridized carbons (Fsp3) is 0.312. The van der Waals surface area contributed by atoms with Crippen molar-refractivity contribution in [2.45, 2.75) is 26.4 Å². The molecule has 0 aliphatic rings. The number of nitrogens with zero attached hydrogens (tertiary/aromatic N) is 3. The largest absolute Gasteiger partial charge is 0.368 e. The number of halogens is 1. The minimum absolute atomic E-state index is 0.195. The number of rotatable bonds is 6. The Bertz CT molecular complexity index is 678. The number of ketones is 1. The molecule has 1 aromatic heterocycles. The quantitative estimate of drug-likeness (QED) is 0.770. The van der Waals surface area contributed by atoms with Crippen LogP contribution in [0.25, 0.3) is 11.8 Å². The molecule has 2 aromatic rings. The van der Waals surface area contributed by atoms with Crippen molar-refractivity contribution >= 4 is 17.6 Å². The average molecular weight is 303 g/mol. The summed E-state index contributed by atoms with van der Waals surface area (Å²) < 4.78 is 20.7. The molecule has 0 amide bonds. The SMILES string of the molecule is CCOC(C)(C)C(=O)C(=Cc1ccccc1F)n1cncn1. The minimum Gasteiger partial charge on any atom is -0.368 e. The van der Waals surface area contributed by atoms with Gasteiger partial charge in [0.15, 0.2) is 0 Å². The predicted octanol–water partition coefficient (Wildman–Crippen LogP) is 2.80. The van der Waals surface area contributed by atoms with Gasteiger partial charge in [0.1, 0.15) is 29.8 Å². The average Bonchev–Trinajstić information content (AvgIpc) is 2.99. The third-order valence-electron chi connectivity index (χ3n) is 3.15. The maximum absolute atomic E-state index is 13.9. The third kappa shape index (κ3) is 3.46. The Morgan fingerprint density at radius 2 is 2.14 bits per heavy atom. The monoisotopic (exact) mass is 303 g/mol. The van der Waals surface area contributed by atoms with E-state index in [1.807, 2.05) is 6.92 Å². The van der Waals surface area contributed by atoms with Gasteiger partial charge in [0.2, 0.25) is 5.78 Å². The van der Waals surface area contributed by atoms with Gasteiger partial charge in [-0.25, -0.2) is 14.1 Å². The molecule has 1 aromatic carbocycles. The van der Waals surface area contributed by atoms with Crippen molar-refractivity contribution in [3.8, 4) is 0 Å². The molecule has 116 valence electrons. The van der Waals surface area contributed by atoms with Gasteiger partial charge in [-0.15, -0.1) is 0 Å². The Morgan fingerprint density at radius 1 is 1.41 bits per heavy atom. The molecule has 0 atom stereocenters. The second kappa shape index (κ2) is 6.62. The highest BCUT2D eigenvalue weighted by Gasteiger charge is 2.32. The molecule has 6 heteroatoms. The first-order valence-electron chi connectivity index (χ1n) is 6.95. The predicted molar refractivity (Wildman–Crippen MR) is 81.3 cm³/mol. The standard InChI is InChI=1S/C16H18FN3O2/c1-4-22-16(2,3)15(21)14(20-11-18-10-19-20)9-12-7-5-6-8-13(12)17/h5-11H,4H2,1-3H3. The first-order valence-corrected chi connectivity index (χ1v) is 6.95. The van der Waals surface area contributed by atoms with Crippen LogP contribution in [0.5, 0.6) is 0 Å². The molecule has 2 rings (SSSR count). The van der Waals surface area contributed by atoms with Gasteiger partial charge in [-0.1, -0.05) is 18.2 Å². The molecule has 1 heterocycles. The zero-order chi connectivity index (χ0) is 16.2. The lowest BCUT2D eigenvalue weighted by Crippen LogP contribution is -2.37. The molecular formula is C16H18FN3O2. The summed E-state index contributed by atoms with van der Waals surface area (Å²) in [6.07, 6.45) is 4.16. The van der Waals surface area contributed by atoms with Gasteiger partial charge in [-0.2, -0.15) is 5.10 Å². The van der Waals surface area contributed by atoms with Crippen LogP contribution in [-0.4, -0.2) is 32.8 Å². The van der Waals surface area contributed by atoms with E-state index in [-0.39, 0.29) is 11.5 Å². The highest BCUT2D eigenvalue weighted by Crippen LogP contribution is 2.22. The van der Waals surface area contributed by atoms with Crippen LogP contribution in [0.15, 0.2) is 36.9 Å². The number of hydrogen-bond acceptors (Lipinski definition) is 4. The van der Waals surface area contributed by atoms with E-state index in [4.69, 9.17) is 4.74 Å². The topological polar surface area (TPSA) is 57.0 Å². The minimum atomic E-state index is -1.04. The molecule has 0 saturated heterocycles. The highest BCUT2D eigenvalue weighted by atomic mass is 19.1. The highest BCUT2D eigenvalue weighted by molar-refractivity contribution is 6.23. The maximum atomic E-state index is 13.9. The van der Waals surface area contributed by atoms with Crippen LogP contribution in [0.2, 0.25) is 0 Å². The van der Waals surface area contributed by atoms with E-state index >= 15 is 0 Å². The molecule has 22 heavy (non-hydrogen) atoms. The summed E-state index contributed by atoms with van der Waals surface area (Å²) in [4.78, 5) is 16.6. The van der Waals surface area contributed by atoms with Crippen LogP contribution in [-0.2, 0) is 9.53 Å². The molecule has 0 bridgehead atoms. The van der Waals surface area contributed by atoms with Crippen LogP contribution >= 0.6 is 0 Å². The normalized spacial score (nSPS) is 12.5. The lowest BCUT2D eigenvalue weighted by atomic mass is 9.99. The summed E-state index contributed by atoms with van der Waals surface area (Å²) >= 11 is 0. The smallest absolute Gasteiger partial charge is 0.212 e. The zero-order valence-corrected chi connectivity index (χ0v) is 12.8. The second-order valence-electron chi connectivity index (χ2n) is 5.16. The lowest BCUT2D eigenvalue weighted by molar-refractivity contribution is -0.133. The summed E-state index contributed by atoms with van der Waals surface area (Å²) in [5, 5.41) is 3.98. The van der Waals surface area contributed by atoms with E-state index in [1.54, 1.807) is 32.0 Å². The molecule has 0 spiro atoms. The summed E-state index contributed by atoms with van der Waals surface area (Å²) in [7, 11) is 0. The van der Waals surface area contributed by atoms with Crippen molar-refractivity contribution in [2.24, 2.45) is 0 Å². The van der Waals surface area contributed by atoms with E-state index in [1.165, 1.54) is 29.5 Å². The second-order valence-corrected chi connectivity index (χ2v) is 5.16. The number of Topliss-reactive ketones (excluding diaryl/α,β-unsaturated/α-hetero) is 1. The van der Waals surface area contributed by atoms with Gasteiger partial charge < -0.3 is 4.74 Å². The molecule has 0 aliphatic carbocycles. The van der Waals surface area contributed by atoms with Gasteiger partial charge in [0.25, 0.3) is 0 Å². The molecule has 5 nitrogen and oxygen atoms in total. The van der Waals surface area contributed by atoms with Crippen LogP contribution < -0.4 is 0 Å². The third-order valence-corrected chi connectivity index (χ3v) is 3.15. The number of carbonyl (C=O) groups excluding carboxylic acids is 1. The van der Waals surface area contributed by atoms with Gasteiger partial charge >= 0.3 is 0 Å². The van der Waals surface area contributed by atoms with Crippen molar-refractivity contribution in [2.75, 3.05) is 6.61 Å². The molecule has 0 aliphatic heterocycles. The maximum Gasteiger partial charge on any atom is 0.212 e. The van der Waals surface area contributed by atoms with Crippen LogP contribution in [0.3, 0.4) is 0 Å². The van der Waals surface area contributed by atoms with Crippen LogP contribution in [0.4, 0.5) is 4.39 Å². The van der Waals surface area contributed by atoms with Crippen molar-refractivity contribution in [3.05, 3.63) is 48.3 Å².